The van der Waals surface area contributed by atoms with Gasteiger partial charge in [0.1, 0.15) is 5.82 Å². The van der Waals surface area contributed by atoms with E-state index in [-0.39, 0.29) is 11.8 Å². The Balaban J connectivity index is 2.09. The molecule has 0 heterocycles. The summed E-state index contributed by atoms with van der Waals surface area (Å²) < 4.78 is 14.0. The van der Waals surface area contributed by atoms with Crippen molar-refractivity contribution in [2.24, 2.45) is 0 Å². The molecule has 0 saturated carbocycles. The van der Waals surface area contributed by atoms with E-state index in [1.54, 1.807) is 44.4 Å². The summed E-state index contributed by atoms with van der Waals surface area (Å²) in [6, 6.07) is 11.4. The van der Waals surface area contributed by atoms with Crippen molar-refractivity contribution in [2.75, 3.05) is 19.0 Å². The predicted molar refractivity (Wildman–Crippen MR) is 90.8 cm³/mol. The van der Waals surface area contributed by atoms with Crippen LogP contribution in [-0.4, -0.2) is 25.0 Å². The fourth-order valence-electron chi connectivity index (χ4n) is 2.07. The molecule has 0 radical (unpaired) electrons. The number of hydrogen-bond donors (Lipinski definition) is 0. The molecule has 0 aliphatic carbocycles. The first-order valence-corrected chi connectivity index (χ1v) is 7.73. The number of nitrogens with zero attached hydrogens (tertiary/aromatic N) is 2. The standard InChI is InChI=1S/C16H15BrClFN2O/c1-20(10-11-7-12(17)9-14(19)8-11)16(22)21(2)15-5-3-13(18)4-6-15/h3-9H,10H2,1-2H3. The van der Waals surface area contributed by atoms with Crippen LogP contribution >= 0.6 is 27.5 Å². The van der Waals surface area contributed by atoms with Gasteiger partial charge in [0.2, 0.25) is 0 Å². The molecule has 0 N–H and O–H groups in total. The predicted octanol–water partition coefficient (Wildman–Crippen LogP) is 4.93. The van der Waals surface area contributed by atoms with E-state index >= 15 is 0 Å². The van der Waals surface area contributed by atoms with E-state index in [2.05, 4.69) is 15.9 Å². The second-order valence-corrected chi connectivity index (χ2v) is 6.30. The van der Waals surface area contributed by atoms with Gasteiger partial charge in [-0.25, -0.2) is 9.18 Å². The maximum atomic E-state index is 13.4. The molecule has 2 aromatic carbocycles. The van der Waals surface area contributed by atoms with Crippen LogP contribution in [0.25, 0.3) is 0 Å². The second-order valence-electron chi connectivity index (χ2n) is 4.95. The second kappa shape index (κ2) is 7.11. The Bertz CT molecular complexity index is 658. The number of carbonyl (C=O) groups is 1. The number of benzene rings is 2. The highest BCUT2D eigenvalue weighted by Gasteiger charge is 2.16. The Morgan fingerprint density at radius 1 is 1.18 bits per heavy atom. The zero-order valence-corrected chi connectivity index (χ0v) is 14.5. The van der Waals surface area contributed by atoms with E-state index in [1.807, 2.05) is 0 Å². The molecule has 2 amide bonds. The summed E-state index contributed by atoms with van der Waals surface area (Å²) in [5.41, 5.74) is 1.45. The Morgan fingerprint density at radius 2 is 1.82 bits per heavy atom. The van der Waals surface area contributed by atoms with E-state index in [0.717, 1.165) is 5.69 Å². The van der Waals surface area contributed by atoms with Gasteiger partial charge < -0.3 is 4.90 Å². The summed E-state index contributed by atoms with van der Waals surface area (Å²) in [4.78, 5) is 15.5. The lowest BCUT2D eigenvalue weighted by molar-refractivity contribution is 0.215. The van der Waals surface area contributed by atoms with Gasteiger partial charge in [0.05, 0.1) is 0 Å². The molecule has 22 heavy (non-hydrogen) atoms. The molecule has 116 valence electrons. The van der Waals surface area contributed by atoms with E-state index in [1.165, 1.54) is 21.9 Å². The van der Waals surface area contributed by atoms with Crippen LogP contribution in [0.15, 0.2) is 46.9 Å². The van der Waals surface area contributed by atoms with Crippen LogP contribution in [0.4, 0.5) is 14.9 Å². The maximum Gasteiger partial charge on any atom is 0.324 e. The molecule has 2 aromatic rings. The molecule has 0 atom stereocenters. The van der Waals surface area contributed by atoms with Gasteiger partial charge in [0.15, 0.2) is 0 Å². The molecule has 0 aliphatic rings. The van der Waals surface area contributed by atoms with Gasteiger partial charge in [-0.1, -0.05) is 27.5 Å². The van der Waals surface area contributed by atoms with Crippen LogP contribution in [0.1, 0.15) is 5.56 Å². The summed E-state index contributed by atoms with van der Waals surface area (Å²) in [5.74, 6) is -0.337. The zero-order valence-electron chi connectivity index (χ0n) is 12.2. The number of carbonyl (C=O) groups excluding carboxylic acids is 1. The van der Waals surface area contributed by atoms with Crippen molar-refractivity contribution in [1.82, 2.24) is 4.90 Å². The van der Waals surface area contributed by atoms with Gasteiger partial charge in [0, 0.05) is 35.8 Å². The smallest absolute Gasteiger partial charge is 0.323 e. The van der Waals surface area contributed by atoms with Crippen LogP contribution in [0, 0.1) is 5.82 Å². The fourth-order valence-corrected chi connectivity index (χ4v) is 2.71. The lowest BCUT2D eigenvalue weighted by Crippen LogP contribution is -2.38. The van der Waals surface area contributed by atoms with Gasteiger partial charge in [-0.05, 0) is 48.0 Å². The van der Waals surface area contributed by atoms with Crippen LogP contribution in [0.3, 0.4) is 0 Å². The molecule has 0 bridgehead atoms. The number of amides is 2. The maximum absolute atomic E-state index is 13.4. The monoisotopic (exact) mass is 384 g/mol. The molecular weight excluding hydrogens is 371 g/mol. The first-order chi connectivity index (χ1) is 10.4. The van der Waals surface area contributed by atoms with Crippen molar-refractivity contribution < 1.29 is 9.18 Å². The van der Waals surface area contributed by atoms with Gasteiger partial charge in [-0.2, -0.15) is 0 Å². The van der Waals surface area contributed by atoms with Crippen molar-refractivity contribution in [2.45, 2.75) is 6.54 Å². The van der Waals surface area contributed by atoms with Crippen molar-refractivity contribution in [1.29, 1.82) is 0 Å². The highest BCUT2D eigenvalue weighted by Crippen LogP contribution is 2.19. The first kappa shape index (κ1) is 16.8. The fraction of sp³-hybridized carbons (Fsp3) is 0.188. The summed E-state index contributed by atoms with van der Waals surface area (Å²) in [6.07, 6.45) is 0. The van der Waals surface area contributed by atoms with Crippen molar-refractivity contribution >= 4 is 39.2 Å². The highest BCUT2D eigenvalue weighted by molar-refractivity contribution is 9.10. The number of rotatable bonds is 3. The molecular formula is C16H15BrClFN2O. The third-order valence-corrected chi connectivity index (χ3v) is 3.88. The Hall–Kier alpha value is -1.59. The van der Waals surface area contributed by atoms with Gasteiger partial charge >= 0.3 is 6.03 Å². The lowest BCUT2D eigenvalue weighted by Gasteiger charge is -2.25. The summed E-state index contributed by atoms with van der Waals surface area (Å²) >= 11 is 9.09. The van der Waals surface area contributed by atoms with Crippen LogP contribution < -0.4 is 4.90 Å². The lowest BCUT2D eigenvalue weighted by atomic mass is 10.2. The van der Waals surface area contributed by atoms with Crippen molar-refractivity contribution in [3.63, 3.8) is 0 Å². The van der Waals surface area contributed by atoms with Crippen LogP contribution in [0.5, 0.6) is 0 Å². The molecule has 6 heteroatoms. The van der Waals surface area contributed by atoms with E-state index in [4.69, 9.17) is 11.6 Å². The number of anilines is 1. The third kappa shape index (κ3) is 4.21. The number of hydrogen-bond acceptors (Lipinski definition) is 1. The van der Waals surface area contributed by atoms with Gasteiger partial charge in [-0.3, -0.25) is 4.90 Å². The molecule has 0 unspecified atom stereocenters. The topological polar surface area (TPSA) is 23.6 Å². The first-order valence-electron chi connectivity index (χ1n) is 6.56. The van der Waals surface area contributed by atoms with Crippen molar-refractivity contribution in [3.05, 3.63) is 63.3 Å². The number of halogens is 3. The SMILES string of the molecule is CN(Cc1cc(F)cc(Br)c1)C(=O)N(C)c1ccc(Cl)cc1. The van der Waals surface area contributed by atoms with E-state index in [0.29, 0.717) is 21.6 Å². The van der Waals surface area contributed by atoms with Crippen LogP contribution in [0.2, 0.25) is 5.02 Å². The number of urea groups is 1. The molecule has 0 fully saturated rings. The largest absolute Gasteiger partial charge is 0.324 e. The van der Waals surface area contributed by atoms with E-state index in [9.17, 15) is 9.18 Å². The third-order valence-electron chi connectivity index (χ3n) is 3.17. The molecule has 0 aliphatic heterocycles. The normalized spacial score (nSPS) is 10.4. The quantitative estimate of drug-likeness (QED) is 0.735. The van der Waals surface area contributed by atoms with Gasteiger partial charge in [0.25, 0.3) is 0 Å². The minimum atomic E-state index is -0.337. The Kier molecular flexibility index (Phi) is 5.42. The molecule has 0 aromatic heterocycles. The average Bonchev–Trinajstić information content (AvgIpc) is 2.45. The molecule has 0 spiro atoms. The molecule has 0 saturated heterocycles. The average molecular weight is 386 g/mol. The van der Waals surface area contributed by atoms with Gasteiger partial charge in [-0.15, -0.1) is 0 Å². The Morgan fingerprint density at radius 3 is 2.41 bits per heavy atom. The Labute approximate surface area is 142 Å². The summed E-state index contributed by atoms with van der Waals surface area (Å²) in [5, 5.41) is 0.613. The van der Waals surface area contributed by atoms with Crippen molar-refractivity contribution in [3.8, 4) is 0 Å². The van der Waals surface area contributed by atoms with Crippen LogP contribution in [-0.2, 0) is 6.54 Å². The summed E-state index contributed by atoms with van der Waals surface area (Å²) in [7, 11) is 3.36. The minimum absolute atomic E-state index is 0.192. The molecule has 3 nitrogen and oxygen atoms in total. The minimum Gasteiger partial charge on any atom is -0.323 e. The zero-order chi connectivity index (χ0) is 16.3. The summed E-state index contributed by atoms with van der Waals surface area (Å²) in [6.45, 7) is 0.313. The van der Waals surface area contributed by atoms with E-state index < -0.39 is 0 Å². The molecule has 2 rings (SSSR count). The highest BCUT2D eigenvalue weighted by atomic mass is 79.9.